The number of likely N-dealkylation sites (tertiary alicyclic amines) is 1. The Bertz CT molecular complexity index is 1510. The van der Waals surface area contributed by atoms with Crippen molar-refractivity contribution in [1.29, 1.82) is 0 Å². The molecule has 11 heteroatoms. The standard InChI is InChI=1S/C36H42ClN3O7/c1-5-7-16-27(42)38-23(4)31(24-13-9-8-10-14-24)46-35(45)28-26-17-18-36(47-26)29(28)33(43)40(20-21-41)32(36)34(44)39(19-6-2)30-22(3)12-11-15-25(30)37/h5-6,8-15,23,26,28-29,31-32,41H,1-2,7,16-21H2,3-4H3,(H,38,42)/t23-,26-,28+,29+,31-,32-,36+/m0/s1. The van der Waals surface area contributed by atoms with Crippen molar-refractivity contribution in [3.8, 4) is 0 Å². The van der Waals surface area contributed by atoms with Crippen LogP contribution in [0.2, 0.25) is 5.02 Å². The zero-order valence-corrected chi connectivity index (χ0v) is 27.5. The van der Waals surface area contributed by atoms with Crippen molar-refractivity contribution in [3.05, 3.63) is 90.0 Å². The molecule has 2 aromatic rings. The van der Waals surface area contributed by atoms with Crippen LogP contribution in [0.4, 0.5) is 5.69 Å². The van der Waals surface area contributed by atoms with Crippen LogP contribution < -0.4 is 10.2 Å². The van der Waals surface area contributed by atoms with E-state index in [1.54, 1.807) is 31.2 Å². The van der Waals surface area contributed by atoms with E-state index in [0.717, 1.165) is 5.56 Å². The monoisotopic (exact) mass is 663 g/mol. The summed E-state index contributed by atoms with van der Waals surface area (Å²) in [6.07, 6.45) is 3.31. The fraction of sp³-hybridized carbons (Fsp3) is 0.444. The number of β-amino-alcohol motifs (C(OH)–C–C–N with tert-alkyl or cyclic N) is 1. The molecular formula is C36H42ClN3O7. The molecule has 2 N–H and O–H groups in total. The normalized spacial score (nSPS) is 25.5. The molecule has 3 heterocycles. The second kappa shape index (κ2) is 14.4. The summed E-state index contributed by atoms with van der Waals surface area (Å²) in [7, 11) is 0. The number of nitrogens with zero attached hydrogens (tertiary/aromatic N) is 2. The number of aliphatic hydroxyl groups is 1. The first-order chi connectivity index (χ1) is 22.6. The summed E-state index contributed by atoms with van der Waals surface area (Å²) in [6.45, 7) is 10.7. The number of allylic oxidation sites excluding steroid dienone is 1. The first-order valence-electron chi connectivity index (χ1n) is 16.0. The number of nitrogens with one attached hydrogen (secondary N) is 1. The average Bonchev–Trinajstić information content (AvgIpc) is 3.69. The summed E-state index contributed by atoms with van der Waals surface area (Å²) in [6, 6.07) is 12.7. The van der Waals surface area contributed by atoms with E-state index in [1.807, 2.05) is 43.3 Å². The summed E-state index contributed by atoms with van der Waals surface area (Å²) in [5.41, 5.74) is 0.627. The molecule has 0 unspecified atom stereocenters. The maximum absolute atomic E-state index is 14.6. The second-order valence-corrected chi connectivity index (χ2v) is 12.8. The van der Waals surface area contributed by atoms with Gasteiger partial charge in [-0.2, -0.15) is 0 Å². The topological polar surface area (TPSA) is 125 Å². The number of ether oxygens (including phenoxy) is 2. The number of aryl methyl sites for hydroxylation is 1. The molecule has 47 heavy (non-hydrogen) atoms. The summed E-state index contributed by atoms with van der Waals surface area (Å²) >= 11 is 6.60. The van der Waals surface area contributed by atoms with Gasteiger partial charge in [-0.15, -0.1) is 13.2 Å². The number of hydrogen-bond acceptors (Lipinski definition) is 7. The van der Waals surface area contributed by atoms with Crippen LogP contribution in [0.15, 0.2) is 73.8 Å². The van der Waals surface area contributed by atoms with Gasteiger partial charge in [-0.1, -0.05) is 66.2 Å². The van der Waals surface area contributed by atoms with Gasteiger partial charge in [0.15, 0.2) is 0 Å². The highest BCUT2D eigenvalue weighted by atomic mass is 35.5. The zero-order valence-electron chi connectivity index (χ0n) is 26.8. The predicted molar refractivity (Wildman–Crippen MR) is 177 cm³/mol. The first-order valence-corrected chi connectivity index (χ1v) is 16.4. The fourth-order valence-electron chi connectivity index (χ4n) is 7.52. The van der Waals surface area contributed by atoms with Crippen molar-refractivity contribution in [2.75, 3.05) is 24.6 Å². The van der Waals surface area contributed by atoms with E-state index in [2.05, 4.69) is 18.5 Å². The average molecular weight is 664 g/mol. The van der Waals surface area contributed by atoms with Gasteiger partial charge in [-0.05, 0) is 50.3 Å². The number of amides is 3. The van der Waals surface area contributed by atoms with Crippen LogP contribution in [-0.4, -0.2) is 77.2 Å². The van der Waals surface area contributed by atoms with Gasteiger partial charge in [0.05, 0.1) is 41.3 Å². The van der Waals surface area contributed by atoms with E-state index in [-0.39, 0.29) is 32.0 Å². The number of carbonyl (C=O) groups excluding carboxylic acids is 4. The van der Waals surface area contributed by atoms with Crippen LogP contribution in [0.1, 0.15) is 49.8 Å². The summed E-state index contributed by atoms with van der Waals surface area (Å²) in [5.74, 6) is -3.71. The molecule has 5 rings (SSSR count). The molecular weight excluding hydrogens is 622 g/mol. The molecule has 2 bridgehead atoms. The Morgan fingerprint density at radius 2 is 1.94 bits per heavy atom. The lowest BCUT2D eigenvalue weighted by molar-refractivity contribution is -0.162. The molecule has 3 fully saturated rings. The minimum atomic E-state index is -1.31. The van der Waals surface area contributed by atoms with Gasteiger partial charge in [0.25, 0.3) is 5.91 Å². The Morgan fingerprint density at radius 1 is 1.19 bits per heavy atom. The molecule has 0 aromatic heterocycles. The number of para-hydroxylation sites is 1. The minimum absolute atomic E-state index is 0.117. The summed E-state index contributed by atoms with van der Waals surface area (Å²) in [4.78, 5) is 58.4. The van der Waals surface area contributed by atoms with Gasteiger partial charge in [0.2, 0.25) is 11.8 Å². The smallest absolute Gasteiger partial charge is 0.313 e. The lowest BCUT2D eigenvalue weighted by Gasteiger charge is -2.37. The number of anilines is 1. The number of esters is 1. The predicted octanol–water partition coefficient (Wildman–Crippen LogP) is 4.29. The third-order valence-electron chi connectivity index (χ3n) is 9.47. The molecule has 250 valence electrons. The highest BCUT2D eigenvalue weighted by molar-refractivity contribution is 6.34. The SMILES string of the molecule is C=CCCC(=O)N[C@@H](C)[C@H](OC(=O)[C@@H]1[C@@H]2CC[C@]3(O2)[C@H](C(=O)N(CC=C)c2c(C)cccc2Cl)N(CCO)C(=O)[C@@H]13)c1ccccc1. The van der Waals surface area contributed by atoms with Crippen molar-refractivity contribution < 1.29 is 33.8 Å². The number of benzene rings is 2. The first kappa shape index (κ1) is 34.3. The van der Waals surface area contributed by atoms with Crippen LogP contribution in [0.5, 0.6) is 0 Å². The van der Waals surface area contributed by atoms with E-state index >= 15 is 0 Å². The van der Waals surface area contributed by atoms with Gasteiger partial charge in [-0.3, -0.25) is 19.2 Å². The molecule has 7 atom stereocenters. The molecule has 2 aromatic carbocycles. The quantitative estimate of drug-likeness (QED) is 0.228. The highest BCUT2D eigenvalue weighted by Crippen LogP contribution is 2.59. The fourth-order valence-corrected chi connectivity index (χ4v) is 7.85. The van der Waals surface area contributed by atoms with Gasteiger partial charge >= 0.3 is 5.97 Å². The lowest BCUT2D eigenvalue weighted by atomic mass is 9.70. The maximum Gasteiger partial charge on any atom is 0.313 e. The van der Waals surface area contributed by atoms with E-state index < -0.39 is 59.5 Å². The number of aliphatic hydroxyl groups excluding tert-OH is 1. The number of halogens is 1. The molecule has 1 spiro atoms. The summed E-state index contributed by atoms with van der Waals surface area (Å²) < 4.78 is 12.7. The maximum atomic E-state index is 14.6. The Labute approximate surface area is 280 Å². The zero-order chi connectivity index (χ0) is 33.9. The van der Waals surface area contributed by atoms with Crippen molar-refractivity contribution in [3.63, 3.8) is 0 Å². The molecule has 0 radical (unpaired) electrons. The summed E-state index contributed by atoms with van der Waals surface area (Å²) in [5, 5.41) is 13.3. The van der Waals surface area contributed by atoms with Crippen LogP contribution in [0.3, 0.4) is 0 Å². The minimum Gasteiger partial charge on any atom is -0.455 e. The third-order valence-corrected chi connectivity index (χ3v) is 9.78. The number of hydrogen-bond donors (Lipinski definition) is 2. The van der Waals surface area contributed by atoms with Gasteiger partial charge in [0, 0.05) is 19.5 Å². The van der Waals surface area contributed by atoms with Gasteiger partial charge < -0.3 is 29.7 Å². The van der Waals surface area contributed by atoms with Gasteiger partial charge in [0.1, 0.15) is 17.7 Å². The number of fused-ring (bicyclic) bond motifs is 1. The molecule has 3 aliphatic rings. The molecule has 3 amide bonds. The Balaban J connectivity index is 1.47. The van der Waals surface area contributed by atoms with E-state index in [0.29, 0.717) is 35.5 Å². The molecule has 0 saturated carbocycles. The third kappa shape index (κ3) is 6.34. The number of rotatable bonds is 14. The Morgan fingerprint density at radius 3 is 2.60 bits per heavy atom. The van der Waals surface area contributed by atoms with E-state index in [4.69, 9.17) is 21.1 Å². The Kier molecular flexibility index (Phi) is 10.5. The van der Waals surface area contributed by atoms with Crippen LogP contribution >= 0.6 is 11.6 Å². The lowest BCUT2D eigenvalue weighted by Crippen LogP contribution is -2.57. The highest BCUT2D eigenvalue weighted by Gasteiger charge is 2.75. The van der Waals surface area contributed by atoms with E-state index in [1.165, 1.54) is 9.80 Å². The molecule has 3 aliphatic heterocycles. The number of carbonyl (C=O) groups is 4. The Hall–Kier alpha value is -3.99. The van der Waals surface area contributed by atoms with Crippen molar-refractivity contribution in [2.45, 2.75) is 69.4 Å². The van der Waals surface area contributed by atoms with Crippen molar-refractivity contribution in [1.82, 2.24) is 10.2 Å². The van der Waals surface area contributed by atoms with Crippen LogP contribution in [0, 0.1) is 18.8 Å². The largest absolute Gasteiger partial charge is 0.455 e. The van der Waals surface area contributed by atoms with Crippen molar-refractivity contribution >= 4 is 41.0 Å². The van der Waals surface area contributed by atoms with Crippen LogP contribution in [-0.2, 0) is 28.7 Å². The molecule has 3 saturated heterocycles. The van der Waals surface area contributed by atoms with Crippen LogP contribution in [0.25, 0.3) is 0 Å². The van der Waals surface area contributed by atoms with Crippen molar-refractivity contribution in [2.24, 2.45) is 11.8 Å². The molecule has 0 aliphatic carbocycles. The van der Waals surface area contributed by atoms with E-state index in [9.17, 15) is 24.3 Å². The van der Waals surface area contributed by atoms with Gasteiger partial charge in [-0.25, -0.2) is 0 Å². The second-order valence-electron chi connectivity index (χ2n) is 12.4. The molecule has 10 nitrogen and oxygen atoms in total.